The Balaban J connectivity index is 0.00000225. The molecule has 1 aromatic heterocycles. The van der Waals surface area contributed by atoms with Gasteiger partial charge >= 0.3 is 0 Å². The van der Waals surface area contributed by atoms with Crippen LogP contribution in [0.5, 0.6) is 5.75 Å². The summed E-state index contributed by atoms with van der Waals surface area (Å²) in [6.45, 7) is 1.76. The second-order valence-corrected chi connectivity index (χ2v) is 7.55. The predicted octanol–water partition coefficient (Wildman–Crippen LogP) is 3.89. The van der Waals surface area contributed by atoms with Gasteiger partial charge in [0.15, 0.2) is 5.96 Å². The van der Waals surface area contributed by atoms with Crippen molar-refractivity contribution in [1.82, 2.24) is 20.4 Å². The number of hydrogen-bond acceptors (Lipinski definition) is 3. The zero-order valence-corrected chi connectivity index (χ0v) is 18.8. The monoisotopic (exact) mass is 495 g/mol. The number of benzene rings is 1. The van der Waals surface area contributed by atoms with Crippen LogP contribution < -0.4 is 15.4 Å². The third-order valence-corrected chi connectivity index (χ3v) is 5.66. The maximum Gasteiger partial charge on any atom is 0.191 e. The highest BCUT2D eigenvalue weighted by atomic mass is 127. The molecule has 1 aromatic carbocycles. The molecule has 0 amide bonds. The first-order valence-electron chi connectivity index (χ1n) is 10.0. The zero-order valence-electron chi connectivity index (χ0n) is 16.4. The van der Waals surface area contributed by atoms with E-state index in [1.807, 2.05) is 30.2 Å². The number of fused-ring (bicyclic) bond motifs is 1. The quantitative estimate of drug-likeness (QED) is 0.286. The normalized spacial score (nSPS) is 20.2. The predicted molar refractivity (Wildman–Crippen MR) is 122 cm³/mol. The molecule has 1 aliphatic heterocycles. The second-order valence-electron chi connectivity index (χ2n) is 7.55. The van der Waals surface area contributed by atoms with Crippen molar-refractivity contribution in [2.45, 2.75) is 56.7 Å². The number of nitrogens with one attached hydrogen (secondary N) is 2. The minimum absolute atomic E-state index is 0. The van der Waals surface area contributed by atoms with Crippen LogP contribution in [0.25, 0.3) is 0 Å². The molecule has 2 heterocycles. The highest BCUT2D eigenvalue weighted by Gasteiger charge is 2.43. The van der Waals surface area contributed by atoms with Crippen LogP contribution in [-0.2, 0) is 6.54 Å². The van der Waals surface area contributed by atoms with Crippen LogP contribution in [0.3, 0.4) is 0 Å². The molecule has 2 aromatic rings. The number of aliphatic imine (C=N–C) groups is 1. The summed E-state index contributed by atoms with van der Waals surface area (Å²) in [5, 5.41) is 11.3. The zero-order chi connectivity index (χ0) is 18.5. The van der Waals surface area contributed by atoms with Gasteiger partial charge < -0.3 is 15.4 Å². The Labute approximate surface area is 184 Å². The van der Waals surface area contributed by atoms with Crippen LogP contribution in [0, 0.1) is 0 Å². The van der Waals surface area contributed by atoms with Crippen molar-refractivity contribution in [3.63, 3.8) is 0 Å². The molecular formula is C21H30IN5O. The van der Waals surface area contributed by atoms with Crippen molar-refractivity contribution in [1.29, 1.82) is 0 Å². The van der Waals surface area contributed by atoms with E-state index in [0.717, 1.165) is 50.5 Å². The van der Waals surface area contributed by atoms with Gasteiger partial charge in [-0.15, -0.1) is 24.0 Å². The lowest BCUT2D eigenvalue weighted by atomic mass is 9.86. The van der Waals surface area contributed by atoms with Crippen LogP contribution in [0.4, 0.5) is 0 Å². The van der Waals surface area contributed by atoms with E-state index in [1.54, 1.807) is 0 Å². The van der Waals surface area contributed by atoms with E-state index < -0.39 is 0 Å². The van der Waals surface area contributed by atoms with Crippen molar-refractivity contribution in [3.8, 4) is 5.75 Å². The van der Waals surface area contributed by atoms with Gasteiger partial charge in [0.25, 0.3) is 0 Å². The van der Waals surface area contributed by atoms with Gasteiger partial charge in [0.2, 0.25) is 0 Å². The number of aryl methyl sites for hydroxylation is 1. The Kier molecular flexibility index (Phi) is 7.20. The summed E-state index contributed by atoms with van der Waals surface area (Å²) in [6, 6.07) is 10.6. The average Bonchev–Trinajstić information content (AvgIpc) is 3.36. The fourth-order valence-electron chi connectivity index (χ4n) is 4.31. The third-order valence-electron chi connectivity index (χ3n) is 5.66. The molecule has 2 N–H and O–H groups in total. The van der Waals surface area contributed by atoms with Crippen LogP contribution in [0.15, 0.2) is 47.7 Å². The van der Waals surface area contributed by atoms with Gasteiger partial charge in [-0.1, -0.05) is 18.2 Å². The first-order valence-corrected chi connectivity index (χ1v) is 10.0. The van der Waals surface area contributed by atoms with E-state index in [2.05, 4.69) is 45.0 Å². The molecule has 7 heteroatoms. The number of rotatable bonds is 5. The summed E-state index contributed by atoms with van der Waals surface area (Å²) in [5.74, 6) is 1.88. The molecule has 1 fully saturated rings. The standard InChI is InChI=1S/C21H29N5O.HI/c1-22-20(23-12-6-14-26-15-7-13-24-26)25-18-16-21(10-4-5-11-21)27-19-9-3-2-8-17(18)19;/h2-3,7-9,13,15,18H,4-6,10-12,14,16H2,1H3,(H2,22,23,25);1H. The van der Waals surface area contributed by atoms with Gasteiger partial charge in [-0.2, -0.15) is 5.10 Å². The van der Waals surface area contributed by atoms with Crippen LogP contribution >= 0.6 is 24.0 Å². The van der Waals surface area contributed by atoms with E-state index in [4.69, 9.17) is 4.74 Å². The van der Waals surface area contributed by atoms with Crippen molar-refractivity contribution in [2.75, 3.05) is 13.6 Å². The lowest BCUT2D eigenvalue weighted by molar-refractivity contribution is 0.0396. The van der Waals surface area contributed by atoms with Crippen LogP contribution in [-0.4, -0.2) is 34.9 Å². The maximum atomic E-state index is 6.46. The third kappa shape index (κ3) is 4.79. The van der Waals surface area contributed by atoms with Crippen molar-refractivity contribution >= 4 is 29.9 Å². The topological polar surface area (TPSA) is 63.5 Å². The molecule has 0 bridgehead atoms. The van der Waals surface area contributed by atoms with Crippen molar-refractivity contribution < 1.29 is 4.74 Å². The molecule has 0 saturated heterocycles. The fourth-order valence-corrected chi connectivity index (χ4v) is 4.31. The largest absolute Gasteiger partial charge is 0.487 e. The van der Waals surface area contributed by atoms with Crippen molar-refractivity contribution in [2.24, 2.45) is 4.99 Å². The molecule has 1 unspecified atom stereocenters. The maximum absolute atomic E-state index is 6.46. The number of hydrogen-bond donors (Lipinski definition) is 2. The molecular weight excluding hydrogens is 465 g/mol. The first kappa shape index (κ1) is 21.0. The fraction of sp³-hybridized carbons (Fsp3) is 0.524. The van der Waals surface area contributed by atoms with Gasteiger partial charge in [0.05, 0.1) is 6.04 Å². The Morgan fingerprint density at radius 2 is 2.11 bits per heavy atom. The lowest BCUT2D eigenvalue weighted by Crippen LogP contribution is -2.46. The number of halogens is 1. The van der Waals surface area contributed by atoms with E-state index in [-0.39, 0.29) is 35.6 Å². The number of para-hydroxylation sites is 1. The van der Waals surface area contributed by atoms with Crippen LogP contribution in [0.2, 0.25) is 0 Å². The molecule has 1 spiro atoms. The summed E-state index contributed by atoms with van der Waals surface area (Å²) in [6.07, 6.45) is 10.6. The molecule has 1 saturated carbocycles. The number of nitrogens with zero attached hydrogens (tertiary/aromatic N) is 3. The highest BCUT2D eigenvalue weighted by Crippen LogP contribution is 2.46. The first-order chi connectivity index (χ1) is 13.3. The second kappa shape index (κ2) is 9.62. The smallest absolute Gasteiger partial charge is 0.191 e. The minimum atomic E-state index is -0.00896. The molecule has 1 atom stereocenters. The summed E-state index contributed by atoms with van der Waals surface area (Å²) >= 11 is 0. The van der Waals surface area contributed by atoms with Gasteiger partial charge in [-0.25, -0.2) is 0 Å². The lowest BCUT2D eigenvalue weighted by Gasteiger charge is -2.40. The van der Waals surface area contributed by atoms with E-state index in [1.165, 1.54) is 18.4 Å². The molecule has 28 heavy (non-hydrogen) atoms. The Morgan fingerprint density at radius 3 is 2.86 bits per heavy atom. The summed E-state index contributed by atoms with van der Waals surface area (Å²) < 4.78 is 8.41. The van der Waals surface area contributed by atoms with Gasteiger partial charge in [0.1, 0.15) is 11.4 Å². The SMILES string of the molecule is CN=C(NCCCn1cccn1)NC1CC2(CCCC2)Oc2ccccc21.I. The molecule has 6 nitrogen and oxygen atoms in total. The average molecular weight is 495 g/mol. The number of ether oxygens (including phenoxy) is 1. The Hall–Kier alpha value is -1.77. The Morgan fingerprint density at radius 1 is 1.29 bits per heavy atom. The van der Waals surface area contributed by atoms with E-state index in [9.17, 15) is 0 Å². The summed E-state index contributed by atoms with van der Waals surface area (Å²) in [4.78, 5) is 4.44. The van der Waals surface area contributed by atoms with Gasteiger partial charge in [-0.05, 0) is 44.2 Å². The van der Waals surface area contributed by atoms with Gasteiger partial charge in [0, 0.05) is 44.5 Å². The number of aromatic nitrogens is 2. The Bertz CT molecular complexity index is 771. The van der Waals surface area contributed by atoms with E-state index >= 15 is 0 Å². The van der Waals surface area contributed by atoms with Crippen LogP contribution in [0.1, 0.15) is 50.1 Å². The highest BCUT2D eigenvalue weighted by molar-refractivity contribution is 14.0. The summed E-state index contributed by atoms with van der Waals surface area (Å²) in [5.41, 5.74) is 1.22. The van der Waals surface area contributed by atoms with E-state index in [0.29, 0.717) is 0 Å². The minimum Gasteiger partial charge on any atom is -0.487 e. The number of guanidine groups is 1. The molecule has 0 radical (unpaired) electrons. The molecule has 4 rings (SSSR count). The molecule has 152 valence electrons. The van der Waals surface area contributed by atoms with Crippen molar-refractivity contribution in [3.05, 3.63) is 48.3 Å². The van der Waals surface area contributed by atoms with Gasteiger partial charge in [-0.3, -0.25) is 9.67 Å². The molecule has 1 aliphatic carbocycles. The summed E-state index contributed by atoms with van der Waals surface area (Å²) in [7, 11) is 1.83. The molecule has 2 aliphatic rings.